The number of carbonyl (C=O) groups is 1. The first-order chi connectivity index (χ1) is 11.9. The average molecular weight is 345 g/mol. The molecule has 5 heteroatoms. The van der Waals surface area contributed by atoms with E-state index in [1.165, 1.54) is 49.8 Å². The van der Waals surface area contributed by atoms with E-state index in [0.717, 1.165) is 30.0 Å². The number of hydrogen-bond donors (Lipinski definition) is 1. The Kier molecular flexibility index (Phi) is 4.08. The summed E-state index contributed by atoms with van der Waals surface area (Å²) in [5.74, 6) is 2.55. The van der Waals surface area contributed by atoms with E-state index in [-0.39, 0.29) is 11.6 Å². The zero-order valence-corrected chi connectivity index (χ0v) is 16.1. The van der Waals surface area contributed by atoms with Crippen molar-refractivity contribution >= 4 is 6.03 Å². The van der Waals surface area contributed by atoms with E-state index in [4.69, 9.17) is 0 Å². The molecule has 5 nitrogen and oxygen atoms in total. The summed E-state index contributed by atoms with van der Waals surface area (Å²) in [5.41, 5.74) is 3.48. The lowest BCUT2D eigenvalue weighted by Gasteiger charge is -2.57. The van der Waals surface area contributed by atoms with Crippen LogP contribution >= 0.6 is 0 Å². The Bertz CT molecular complexity index is 642. The monoisotopic (exact) mass is 344 g/mol. The maximum atomic E-state index is 12.9. The van der Waals surface area contributed by atoms with Gasteiger partial charge in [0.2, 0.25) is 0 Å². The quantitative estimate of drug-likeness (QED) is 0.907. The lowest BCUT2D eigenvalue weighted by atomic mass is 9.53. The second-order valence-electron chi connectivity index (χ2n) is 8.95. The van der Waals surface area contributed by atoms with Crippen molar-refractivity contribution in [2.24, 2.45) is 17.8 Å². The van der Waals surface area contributed by atoms with E-state index in [1.807, 2.05) is 23.6 Å². The first-order valence-corrected chi connectivity index (χ1v) is 9.95. The molecule has 1 aromatic heterocycles. The van der Waals surface area contributed by atoms with E-state index in [9.17, 15) is 4.79 Å². The third-order valence-corrected chi connectivity index (χ3v) is 6.98. The summed E-state index contributed by atoms with van der Waals surface area (Å²) in [6, 6.07) is 0.0880. The standard InChI is InChI=1S/C20H32N4O/c1-5-24-14(3)18(13(2)22-24)12-23(4)19(25)21-20-9-15-6-16(10-20)8-17(7-15)11-20/h15-17H,5-12H2,1-4H3,(H,21,25). The zero-order valence-electron chi connectivity index (χ0n) is 16.1. The van der Waals surface area contributed by atoms with Crippen LogP contribution in [0, 0.1) is 31.6 Å². The molecule has 4 bridgehead atoms. The zero-order chi connectivity index (χ0) is 17.8. The first kappa shape index (κ1) is 16.9. The number of aryl methyl sites for hydroxylation is 2. The Morgan fingerprint density at radius 1 is 1.20 bits per heavy atom. The van der Waals surface area contributed by atoms with Crippen LogP contribution in [-0.4, -0.2) is 33.3 Å². The van der Waals surface area contributed by atoms with Crippen LogP contribution < -0.4 is 5.32 Å². The molecule has 138 valence electrons. The Morgan fingerprint density at radius 3 is 2.24 bits per heavy atom. The van der Waals surface area contributed by atoms with Gasteiger partial charge in [-0.25, -0.2) is 4.79 Å². The number of rotatable bonds is 4. The van der Waals surface area contributed by atoms with Crippen molar-refractivity contribution in [3.05, 3.63) is 17.0 Å². The highest BCUT2D eigenvalue weighted by Gasteiger charge is 2.51. The Labute approximate surface area is 151 Å². The smallest absolute Gasteiger partial charge is 0.317 e. The number of urea groups is 1. The van der Waals surface area contributed by atoms with Crippen molar-refractivity contribution < 1.29 is 4.79 Å². The predicted octanol–water partition coefficient (Wildman–Crippen LogP) is 3.63. The highest BCUT2D eigenvalue weighted by Crippen LogP contribution is 2.55. The summed E-state index contributed by atoms with van der Waals surface area (Å²) in [6.07, 6.45) is 7.80. The molecule has 5 rings (SSSR count). The molecule has 25 heavy (non-hydrogen) atoms. The molecule has 1 heterocycles. The number of aromatic nitrogens is 2. The molecular weight excluding hydrogens is 312 g/mol. The lowest BCUT2D eigenvalue weighted by Crippen LogP contribution is -2.61. The summed E-state index contributed by atoms with van der Waals surface area (Å²) < 4.78 is 2.02. The molecule has 1 N–H and O–H groups in total. The van der Waals surface area contributed by atoms with Crippen molar-refractivity contribution in [1.29, 1.82) is 0 Å². The first-order valence-electron chi connectivity index (χ1n) is 9.95. The third kappa shape index (κ3) is 2.96. The third-order valence-electron chi connectivity index (χ3n) is 6.98. The van der Waals surface area contributed by atoms with Gasteiger partial charge in [0.1, 0.15) is 0 Å². The van der Waals surface area contributed by atoms with Crippen LogP contribution in [0.4, 0.5) is 4.79 Å². The fraction of sp³-hybridized carbons (Fsp3) is 0.800. The van der Waals surface area contributed by atoms with Crippen LogP contribution in [0.1, 0.15) is 62.4 Å². The molecule has 0 spiro atoms. The van der Waals surface area contributed by atoms with Gasteiger partial charge in [0.25, 0.3) is 0 Å². The maximum Gasteiger partial charge on any atom is 0.317 e. The van der Waals surface area contributed by atoms with E-state index in [2.05, 4.69) is 24.3 Å². The van der Waals surface area contributed by atoms with Gasteiger partial charge in [-0.05, 0) is 77.0 Å². The molecule has 0 aromatic carbocycles. The van der Waals surface area contributed by atoms with Crippen LogP contribution in [0.25, 0.3) is 0 Å². The fourth-order valence-electron chi connectivity index (χ4n) is 6.17. The van der Waals surface area contributed by atoms with Gasteiger partial charge in [0.15, 0.2) is 0 Å². The average Bonchev–Trinajstić information content (AvgIpc) is 2.80. The highest BCUT2D eigenvalue weighted by molar-refractivity contribution is 5.75. The molecule has 4 aliphatic carbocycles. The summed E-state index contributed by atoms with van der Waals surface area (Å²) in [5, 5.41) is 8.04. The fourth-order valence-corrected chi connectivity index (χ4v) is 6.17. The van der Waals surface area contributed by atoms with Gasteiger partial charge in [0.05, 0.1) is 12.2 Å². The number of amides is 2. The summed E-state index contributed by atoms with van der Waals surface area (Å²) in [4.78, 5) is 14.8. The maximum absolute atomic E-state index is 12.9. The van der Waals surface area contributed by atoms with Gasteiger partial charge in [0, 0.05) is 30.4 Å². The van der Waals surface area contributed by atoms with E-state index >= 15 is 0 Å². The van der Waals surface area contributed by atoms with E-state index in [0.29, 0.717) is 6.54 Å². The molecule has 0 unspecified atom stereocenters. The van der Waals surface area contributed by atoms with Crippen LogP contribution in [0.15, 0.2) is 0 Å². The molecule has 4 saturated carbocycles. The van der Waals surface area contributed by atoms with Gasteiger partial charge < -0.3 is 10.2 Å². The van der Waals surface area contributed by atoms with Crippen LogP contribution in [-0.2, 0) is 13.1 Å². The molecule has 4 aliphatic rings. The topological polar surface area (TPSA) is 50.2 Å². The van der Waals surface area contributed by atoms with Crippen molar-refractivity contribution in [2.45, 2.75) is 77.9 Å². The van der Waals surface area contributed by atoms with Crippen LogP contribution in [0.3, 0.4) is 0 Å². The van der Waals surface area contributed by atoms with E-state index in [1.54, 1.807) is 0 Å². The lowest BCUT2D eigenvalue weighted by molar-refractivity contribution is -0.0154. The van der Waals surface area contributed by atoms with Crippen molar-refractivity contribution in [1.82, 2.24) is 20.0 Å². The predicted molar refractivity (Wildman–Crippen MR) is 98.3 cm³/mol. The van der Waals surface area contributed by atoms with Crippen molar-refractivity contribution in [2.75, 3.05) is 7.05 Å². The van der Waals surface area contributed by atoms with Gasteiger partial charge in [-0.3, -0.25) is 4.68 Å². The molecule has 4 fully saturated rings. The number of carbonyl (C=O) groups excluding carboxylic acids is 1. The number of nitrogens with one attached hydrogen (secondary N) is 1. The van der Waals surface area contributed by atoms with Gasteiger partial charge >= 0.3 is 6.03 Å². The minimum absolute atomic E-state index is 0.0811. The van der Waals surface area contributed by atoms with E-state index < -0.39 is 0 Å². The summed E-state index contributed by atoms with van der Waals surface area (Å²) >= 11 is 0. The summed E-state index contributed by atoms with van der Waals surface area (Å²) in [7, 11) is 1.91. The minimum Gasteiger partial charge on any atom is -0.333 e. The molecule has 2 amide bonds. The van der Waals surface area contributed by atoms with Crippen molar-refractivity contribution in [3.8, 4) is 0 Å². The highest BCUT2D eigenvalue weighted by atomic mass is 16.2. The minimum atomic E-state index is 0.0811. The Morgan fingerprint density at radius 2 is 1.76 bits per heavy atom. The van der Waals surface area contributed by atoms with Crippen molar-refractivity contribution in [3.63, 3.8) is 0 Å². The molecule has 1 aromatic rings. The van der Waals surface area contributed by atoms with Gasteiger partial charge in [-0.2, -0.15) is 5.10 Å². The second kappa shape index (κ2) is 6.03. The van der Waals surface area contributed by atoms with Gasteiger partial charge in [-0.15, -0.1) is 0 Å². The largest absolute Gasteiger partial charge is 0.333 e. The normalized spacial score (nSPS) is 32.9. The SMILES string of the molecule is CCn1nc(C)c(CN(C)C(=O)NC23CC4CC(CC(C4)C2)C3)c1C. The second-order valence-corrected chi connectivity index (χ2v) is 8.95. The Hall–Kier alpha value is -1.52. The molecule has 0 atom stereocenters. The van der Waals surface area contributed by atoms with Gasteiger partial charge in [-0.1, -0.05) is 0 Å². The van der Waals surface area contributed by atoms with Crippen LogP contribution in [0.2, 0.25) is 0 Å². The number of hydrogen-bond acceptors (Lipinski definition) is 2. The molecular formula is C20H32N4O. The summed E-state index contributed by atoms with van der Waals surface area (Å²) in [6.45, 7) is 7.75. The molecule has 0 saturated heterocycles. The number of nitrogens with zero attached hydrogens (tertiary/aromatic N) is 3. The Balaban J connectivity index is 1.44. The molecule has 0 aliphatic heterocycles. The molecule has 0 radical (unpaired) electrons. The van der Waals surface area contributed by atoms with Crippen LogP contribution in [0.5, 0.6) is 0 Å².